The Morgan fingerprint density at radius 3 is 2.22 bits per heavy atom. The van der Waals surface area contributed by atoms with Gasteiger partial charge < -0.3 is 15.8 Å². The van der Waals surface area contributed by atoms with Gasteiger partial charge in [0.2, 0.25) is 5.91 Å². The molecule has 0 radical (unpaired) electrons. The summed E-state index contributed by atoms with van der Waals surface area (Å²) in [5.74, 6) is -1.48. The summed E-state index contributed by atoms with van der Waals surface area (Å²) < 4.78 is 4.66. The first-order chi connectivity index (χ1) is 8.54. The minimum absolute atomic E-state index is 0.190. The maximum absolute atomic E-state index is 11.6. The molecule has 96 valence electrons. The highest BCUT2D eigenvalue weighted by atomic mass is 16.5. The molecule has 0 aliphatic rings. The zero-order valence-corrected chi connectivity index (χ0v) is 9.93. The number of carbonyl (C=O) groups is 3. The highest BCUT2D eigenvalue weighted by molar-refractivity contribution is 5.98. The Balaban J connectivity index is 2.56. The van der Waals surface area contributed by atoms with Gasteiger partial charge in [0.15, 0.2) is 0 Å². The van der Waals surface area contributed by atoms with Gasteiger partial charge in [0.1, 0.15) is 6.54 Å². The number of nitrogens with one attached hydrogen (secondary N) is 1. The lowest BCUT2D eigenvalue weighted by Crippen LogP contribution is -2.30. The molecule has 0 saturated carbocycles. The van der Waals surface area contributed by atoms with Gasteiger partial charge in [-0.3, -0.25) is 14.4 Å². The smallest absolute Gasteiger partial charge is 0.325 e. The van der Waals surface area contributed by atoms with Crippen molar-refractivity contribution in [1.29, 1.82) is 0 Å². The van der Waals surface area contributed by atoms with E-state index in [1.54, 1.807) is 6.92 Å². The molecule has 6 nitrogen and oxygen atoms in total. The van der Waals surface area contributed by atoms with E-state index in [2.05, 4.69) is 10.1 Å². The van der Waals surface area contributed by atoms with Crippen LogP contribution in [0, 0.1) is 0 Å². The molecule has 0 atom stereocenters. The number of ether oxygens (including phenoxy) is 1. The molecule has 0 aromatic heterocycles. The van der Waals surface area contributed by atoms with Gasteiger partial charge in [-0.15, -0.1) is 0 Å². The molecule has 0 aliphatic carbocycles. The highest BCUT2D eigenvalue weighted by Gasteiger charge is 2.09. The van der Waals surface area contributed by atoms with Crippen molar-refractivity contribution in [3.63, 3.8) is 0 Å². The van der Waals surface area contributed by atoms with Crippen LogP contribution in [0.3, 0.4) is 0 Å². The van der Waals surface area contributed by atoms with E-state index in [9.17, 15) is 14.4 Å². The van der Waals surface area contributed by atoms with E-state index in [0.717, 1.165) is 0 Å². The molecule has 0 aliphatic heterocycles. The molecular weight excluding hydrogens is 236 g/mol. The molecule has 0 saturated heterocycles. The SMILES string of the molecule is CCOC(=O)CNC(=O)c1ccc(C(N)=O)cc1. The van der Waals surface area contributed by atoms with Gasteiger partial charge in [-0.1, -0.05) is 0 Å². The summed E-state index contributed by atoms with van der Waals surface area (Å²) in [6.07, 6.45) is 0. The topological polar surface area (TPSA) is 98.5 Å². The van der Waals surface area contributed by atoms with E-state index in [0.29, 0.717) is 11.1 Å². The first-order valence-corrected chi connectivity index (χ1v) is 5.38. The Hall–Kier alpha value is -2.37. The van der Waals surface area contributed by atoms with Crippen molar-refractivity contribution in [2.75, 3.05) is 13.2 Å². The molecule has 0 unspecified atom stereocenters. The van der Waals surface area contributed by atoms with Crippen LogP contribution in [-0.4, -0.2) is 30.9 Å². The summed E-state index contributed by atoms with van der Waals surface area (Å²) in [4.78, 5) is 33.5. The second kappa shape index (κ2) is 6.39. The number of hydrogen-bond donors (Lipinski definition) is 2. The van der Waals surface area contributed by atoms with Gasteiger partial charge in [-0.25, -0.2) is 0 Å². The molecule has 2 amide bonds. The van der Waals surface area contributed by atoms with Crippen molar-refractivity contribution in [3.05, 3.63) is 35.4 Å². The lowest BCUT2D eigenvalue weighted by atomic mass is 10.1. The third kappa shape index (κ3) is 3.89. The van der Waals surface area contributed by atoms with Crippen molar-refractivity contribution in [3.8, 4) is 0 Å². The number of nitrogens with two attached hydrogens (primary N) is 1. The molecule has 0 heterocycles. The number of benzene rings is 1. The summed E-state index contributed by atoms with van der Waals surface area (Å²) in [5.41, 5.74) is 5.72. The maximum Gasteiger partial charge on any atom is 0.325 e. The van der Waals surface area contributed by atoms with Crippen molar-refractivity contribution < 1.29 is 19.1 Å². The predicted octanol–water partition coefficient (Wildman–Crippen LogP) is 0.0784. The van der Waals surface area contributed by atoms with Crippen LogP contribution in [0.1, 0.15) is 27.6 Å². The van der Waals surface area contributed by atoms with Crippen LogP contribution in [0.5, 0.6) is 0 Å². The number of hydrogen-bond acceptors (Lipinski definition) is 4. The summed E-state index contributed by atoms with van der Waals surface area (Å²) in [6.45, 7) is 1.76. The number of esters is 1. The van der Waals surface area contributed by atoms with Gasteiger partial charge in [-0.05, 0) is 31.2 Å². The van der Waals surface area contributed by atoms with E-state index < -0.39 is 17.8 Å². The second-order valence-corrected chi connectivity index (χ2v) is 3.43. The fourth-order valence-corrected chi connectivity index (χ4v) is 1.25. The molecule has 1 aromatic rings. The van der Waals surface area contributed by atoms with E-state index in [1.807, 2.05) is 0 Å². The van der Waals surface area contributed by atoms with Crippen LogP contribution < -0.4 is 11.1 Å². The molecule has 3 N–H and O–H groups in total. The summed E-state index contributed by atoms with van der Waals surface area (Å²) in [5, 5.41) is 2.40. The van der Waals surface area contributed by atoms with E-state index in [1.165, 1.54) is 24.3 Å². The van der Waals surface area contributed by atoms with Crippen LogP contribution in [0.2, 0.25) is 0 Å². The zero-order chi connectivity index (χ0) is 13.5. The van der Waals surface area contributed by atoms with Crippen LogP contribution in [0.15, 0.2) is 24.3 Å². The van der Waals surface area contributed by atoms with Crippen LogP contribution in [0.4, 0.5) is 0 Å². The lowest BCUT2D eigenvalue weighted by Gasteiger charge is -2.05. The van der Waals surface area contributed by atoms with Gasteiger partial charge in [0.05, 0.1) is 6.61 Å². The van der Waals surface area contributed by atoms with Gasteiger partial charge in [0.25, 0.3) is 5.91 Å². The van der Waals surface area contributed by atoms with Crippen molar-refractivity contribution in [2.45, 2.75) is 6.92 Å². The quantitative estimate of drug-likeness (QED) is 0.723. The molecule has 0 spiro atoms. The Morgan fingerprint density at radius 1 is 1.17 bits per heavy atom. The van der Waals surface area contributed by atoms with E-state index >= 15 is 0 Å². The lowest BCUT2D eigenvalue weighted by molar-refractivity contribution is -0.141. The monoisotopic (exact) mass is 250 g/mol. The van der Waals surface area contributed by atoms with E-state index in [-0.39, 0.29) is 13.2 Å². The van der Waals surface area contributed by atoms with Crippen molar-refractivity contribution in [1.82, 2.24) is 5.32 Å². The van der Waals surface area contributed by atoms with Crippen LogP contribution in [-0.2, 0) is 9.53 Å². The molecular formula is C12H14N2O4. The fourth-order valence-electron chi connectivity index (χ4n) is 1.25. The highest BCUT2D eigenvalue weighted by Crippen LogP contribution is 2.03. The maximum atomic E-state index is 11.6. The van der Waals surface area contributed by atoms with E-state index in [4.69, 9.17) is 5.73 Å². The largest absolute Gasteiger partial charge is 0.465 e. The third-order valence-corrected chi connectivity index (χ3v) is 2.13. The summed E-state index contributed by atoms with van der Waals surface area (Å²) >= 11 is 0. The average molecular weight is 250 g/mol. The number of rotatable bonds is 5. The normalized spacial score (nSPS) is 9.61. The average Bonchev–Trinajstić information content (AvgIpc) is 2.36. The van der Waals surface area contributed by atoms with Crippen molar-refractivity contribution >= 4 is 17.8 Å². The number of primary amides is 1. The molecule has 6 heteroatoms. The Bertz CT molecular complexity index is 454. The summed E-state index contributed by atoms with van der Waals surface area (Å²) in [6, 6.07) is 5.81. The van der Waals surface area contributed by atoms with Crippen LogP contribution >= 0.6 is 0 Å². The van der Waals surface area contributed by atoms with Crippen LogP contribution in [0.25, 0.3) is 0 Å². The standard InChI is InChI=1S/C12H14N2O4/c1-2-18-10(15)7-14-12(17)9-5-3-8(4-6-9)11(13)16/h3-6H,2,7H2,1H3,(H2,13,16)(H,14,17). The number of amides is 2. The molecule has 0 bridgehead atoms. The van der Waals surface area contributed by atoms with Crippen molar-refractivity contribution in [2.24, 2.45) is 5.73 Å². The predicted molar refractivity (Wildman–Crippen MR) is 63.9 cm³/mol. The minimum Gasteiger partial charge on any atom is -0.465 e. The zero-order valence-electron chi connectivity index (χ0n) is 9.93. The molecule has 1 rings (SSSR count). The first-order valence-electron chi connectivity index (χ1n) is 5.38. The molecule has 0 fully saturated rings. The second-order valence-electron chi connectivity index (χ2n) is 3.43. The number of carbonyl (C=O) groups excluding carboxylic acids is 3. The Labute approximate surface area is 104 Å². The fraction of sp³-hybridized carbons (Fsp3) is 0.250. The van der Waals surface area contributed by atoms with Gasteiger partial charge in [0, 0.05) is 11.1 Å². The Kier molecular flexibility index (Phi) is 4.86. The summed E-state index contributed by atoms with van der Waals surface area (Å²) in [7, 11) is 0. The molecule has 18 heavy (non-hydrogen) atoms. The third-order valence-electron chi connectivity index (χ3n) is 2.13. The minimum atomic E-state index is -0.562. The van der Waals surface area contributed by atoms with Gasteiger partial charge in [-0.2, -0.15) is 0 Å². The van der Waals surface area contributed by atoms with Gasteiger partial charge >= 0.3 is 5.97 Å². The Morgan fingerprint density at radius 2 is 1.72 bits per heavy atom. The molecule has 1 aromatic carbocycles. The first kappa shape index (κ1) is 13.7.